The van der Waals surface area contributed by atoms with Crippen molar-refractivity contribution in [1.29, 1.82) is 0 Å². The van der Waals surface area contributed by atoms with E-state index >= 15 is 0 Å². The molecule has 2 rings (SSSR count). The van der Waals surface area contributed by atoms with E-state index in [0.717, 1.165) is 24.3 Å². The second-order valence-electron chi connectivity index (χ2n) is 5.51. The van der Waals surface area contributed by atoms with Crippen LogP contribution in [-0.4, -0.2) is 39.7 Å². The van der Waals surface area contributed by atoms with Crippen LogP contribution in [0.15, 0.2) is 47.4 Å². The Bertz CT molecular complexity index is 945. The number of sulfonamides is 1. The number of alkyl halides is 3. The molecule has 0 bridgehead atoms. The maximum atomic E-state index is 12.5. The molecule has 11 heteroatoms. The van der Waals surface area contributed by atoms with Gasteiger partial charge < -0.3 is 9.64 Å². The van der Waals surface area contributed by atoms with E-state index in [4.69, 9.17) is 11.6 Å². The highest BCUT2D eigenvalue weighted by atomic mass is 35.5. The second-order valence-corrected chi connectivity index (χ2v) is 7.63. The molecule has 0 atom stereocenters. The first kappa shape index (κ1) is 20.8. The van der Waals surface area contributed by atoms with Gasteiger partial charge in [-0.1, -0.05) is 11.6 Å². The van der Waals surface area contributed by atoms with Crippen LogP contribution in [0, 0.1) is 0 Å². The molecule has 0 aromatic heterocycles. The van der Waals surface area contributed by atoms with E-state index in [1.165, 1.54) is 37.2 Å². The smallest absolute Gasteiger partial charge is 0.406 e. The van der Waals surface area contributed by atoms with E-state index in [2.05, 4.69) is 9.46 Å². The normalized spacial score (nSPS) is 11.8. The summed E-state index contributed by atoms with van der Waals surface area (Å²) >= 11 is 5.88. The van der Waals surface area contributed by atoms with Crippen LogP contribution in [-0.2, 0) is 10.0 Å². The summed E-state index contributed by atoms with van der Waals surface area (Å²) in [7, 11) is -1.20. The summed E-state index contributed by atoms with van der Waals surface area (Å²) in [5, 5.41) is 0.192. The molecule has 1 N–H and O–H groups in total. The van der Waals surface area contributed by atoms with Crippen LogP contribution < -0.4 is 9.46 Å². The molecule has 6 nitrogen and oxygen atoms in total. The summed E-state index contributed by atoms with van der Waals surface area (Å²) < 4.78 is 67.5. The van der Waals surface area contributed by atoms with E-state index in [-0.39, 0.29) is 21.2 Å². The minimum absolute atomic E-state index is 0.0585. The number of benzene rings is 2. The number of rotatable bonds is 5. The number of carbonyl (C=O) groups excluding carboxylic acids is 1. The lowest BCUT2D eigenvalue weighted by molar-refractivity contribution is -0.274. The van der Waals surface area contributed by atoms with Gasteiger partial charge in [0.05, 0.1) is 16.1 Å². The van der Waals surface area contributed by atoms with Gasteiger partial charge in [0.2, 0.25) is 0 Å². The SMILES string of the molecule is CN(C)C(=O)c1ccc(Cl)cc1NS(=O)(=O)c1ccc(OC(F)(F)F)cc1. The fraction of sp³-hybridized carbons (Fsp3) is 0.188. The Balaban J connectivity index is 2.34. The Kier molecular flexibility index (Phi) is 5.91. The number of halogens is 4. The van der Waals surface area contributed by atoms with E-state index in [0.29, 0.717) is 0 Å². The van der Waals surface area contributed by atoms with E-state index in [1.807, 2.05) is 0 Å². The zero-order valence-electron chi connectivity index (χ0n) is 14.0. The fourth-order valence-electron chi connectivity index (χ4n) is 2.05. The third kappa shape index (κ3) is 5.51. The van der Waals surface area contributed by atoms with Crippen LogP contribution in [0.1, 0.15) is 10.4 Å². The highest BCUT2D eigenvalue weighted by Crippen LogP contribution is 2.27. The highest BCUT2D eigenvalue weighted by molar-refractivity contribution is 7.92. The molecule has 2 aromatic rings. The van der Waals surface area contributed by atoms with Crippen molar-refractivity contribution in [1.82, 2.24) is 4.90 Å². The third-order valence-electron chi connectivity index (χ3n) is 3.23. The molecular formula is C16H14ClF3N2O4S. The average molecular weight is 423 g/mol. The van der Waals surface area contributed by atoms with Crippen LogP contribution in [0.2, 0.25) is 5.02 Å². The molecule has 0 saturated carbocycles. The minimum Gasteiger partial charge on any atom is -0.406 e. The molecule has 1 amide bonds. The van der Waals surface area contributed by atoms with Crippen molar-refractivity contribution in [2.24, 2.45) is 0 Å². The van der Waals surface area contributed by atoms with E-state index in [1.54, 1.807) is 0 Å². The van der Waals surface area contributed by atoms with Crippen LogP contribution in [0.4, 0.5) is 18.9 Å². The average Bonchev–Trinajstić information content (AvgIpc) is 2.53. The van der Waals surface area contributed by atoms with E-state index in [9.17, 15) is 26.4 Å². The molecule has 0 aliphatic carbocycles. The molecule has 0 heterocycles. The molecule has 0 radical (unpaired) electrons. The fourth-order valence-corrected chi connectivity index (χ4v) is 3.30. The maximum absolute atomic E-state index is 12.5. The molecule has 146 valence electrons. The third-order valence-corrected chi connectivity index (χ3v) is 4.85. The van der Waals surface area contributed by atoms with Gasteiger partial charge in [0.25, 0.3) is 15.9 Å². The predicted molar refractivity (Wildman–Crippen MR) is 93.4 cm³/mol. The van der Waals surface area contributed by atoms with E-state index < -0.39 is 28.0 Å². The van der Waals surface area contributed by atoms with Crippen LogP contribution in [0.3, 0.4) is 0 Å². The number of hydrogen-bond acceptors (Lipinski definition) is 4. The lowest BCUT2D eigenvalue weighted by atomic mass is 10.1. The quantitative estimate of drug-likeness (QED) is 0.796. The number of carbonyl (C=O) groups is 1. The van der Waals surface area contributed by atoms with Crippen LogP contribution >= 0.6 is 11.6 Å². The first-order chi connectivity index (χ1) is 12.4. The summed E-state index contributed by atoms with van der Waals surface area (Å²) in [4.78, 5) is 13.1. The Morgan fingerprint density at radius 3 is 2.22 bits per heavy atom. The Hall–Kier alpha value is -2.46. The number of anilines is 1. The summed E-state index contributed by atoms with van der Waals surface area (Å²) in [6.07, 6.45) is -4.89. The zero-order valence-corrected chi connectivity index (χ0v) is 15.6. The van der Waals surface area contributed by atoms with Gasteiger partial charge in [-0.3, -0.25) is 9.52 Å². The molecular weight excluding hydrogens is 409 g/mol. The molecule has 0 aliphatic rings. The molecule has 27 heavy (non-hydrogen) atoms. The molecule has 0 unspecified atom stereocenters. The Morgan fingerprint density at radius 2 is 1.70 bits per heavy atom. The van der Waals surface area contributed by atoms with Gasteiger partial charge in [-0.2, -0.15) is 0 Å². The van der Waals surface area contributed by atoms with Gasteiger partial charge in [0, 0.05) is 19.1 Å². The molecule has 0 aliphatic heterocycles. The second kappa shape index (κ2) is 7.65. The van der Waals surface area contributed by atoms with Gasteiger partial charge in [-0.05, 0) is 42.5 Å². The van der Waals surface area contributed by atoms with Crippen molar-refractivity contribution in [2.75, 3.05) is 18.8 Å². The first-order valence-corrected chi connectivity index (χ1v) is 9.15. The summed E-state index contributed by atoms with van der Waals surface area (Å²) in [6, 6.07) is 7.68. The Labute approximate surface area is 158 Å². The van der Waals surface area contributed by atoms with Gasteiger partial charge in [0.1, 0.15) is 5.75 Å². The van der Waals surface area contributed by atoms with Crippen LogP contribution in [0.25, 0.3) is 0 Å². The van der Waals surface area contributed by atoms with Crippen molar-refractivity contribution in [2.45, 2.75) is 11.3 Å². The number of nitrogens with zero attached hydrogens (tertiary/aromatic N) is 1. The number of nitrogens with one attached hydrogen (secondary N) is 1. The summed E-state index contributed by atoms with van der Waals surface area (Å²) in [5.74, 6) is -1.02. The van der Waals surface area contributed by atoms with Crippen molar-refractivity contribution >= 4 is 33.2 Å². The highest BCUT2D eigenvalue weighted by Gasteiger charge is 2.31. The molecule has 0 spiro atoms. The molecule has 0 saturated heterocycles. The van der Waals surface area contributed by atoms with Gasteiger partial charge in [-0.15, -0.1) is 13.2 Å². The van der Waals surface area contributed by atoms with Crippen molar-refractivity contribution in [3.8, 4) is 5.75 Å². The van der Waals surface area contributed by atoms with Crippen molar-refractivity contribution in [3.05, 3.63) is 53.1 Å². The minimum atomic E-state index is -4.89. The molecule has 0 fully saturated rings. The lowest BCUT2D eigenvalue weighted by Crippen LogP contribution is -2.24. The summed E-state index contributed by atoms with van der Waals surface area (Å²) in [6.45, 7) is 0. The number of ether oxygens (including phenoxy) is 1. The first-order valence-electron chi connectivity index (χ1n) is 7.29. The topological polar surface area (TPSA) is 75.7 Å². The zero-order chi connectivity index (χ0) is 20.4. The van der Waals surface area contributed by atoms with Gasteiger partial charge in [0.15, 0.2) is 0 Å². The lowest BCUT2D eigenvalue weighted by Gasteiger charge is -2.16. The Morgan fingerprint density at radius 1 is 1.11 bits per heavy atom. The van der Waals surface area contributed by atoms with Crippen molar-refractivity contribution < 1.29 is 31.1 Å². The van der Waals surface area contributed by atoms with Gasteiger partial charge in [-0.25, -0.2) is 8.42 Å². The number of hydrogen-bond donors (Lipinski definition) is 1. The van der Waals surface area contributed by atoms with Crippen molar-refractivity contribution in [3.63, 3.8) is 0 Å². The monoisotopic (exact) mass is 422 g/mol. The summed E-state index contributed by atoms with van der Waals surface area (Å²) in [5.41, 5.74) is 0.00168. The van der Waals surface area contributed by atoms with Crippen LogP contribution in [0.5, 0.6) is 5.75 Å². The predicted octanol–water partition coefficient (Wildman–Crippen LogP) is 3.74. The standard InChI is InChI=1S/C16H14ClF3N2O4S/c1-22(2)15(23)13-8-3-10(17)9-14(13)21-27(24,25)12-6-4-11(5-7-12)26-16(18,19)20/h3-9,21H,1-2H3. The molecule has 2 aromatic carbocycles. The van der Waals surface area contributed by atoms with Gasteiger partial charge >= 0.3 is 6.36 Å². The maximum Gasteiger partial charge on any atom is 0.573 e. The largest absolute Gasteiger partial charge is 0.573 e. The number of amides is 1.